The van der Waals surface area contributed by atoms with Gasteiger partial charge in [-0.15, -0.1) is 0 Å². The minimum Gasteiger partial charge on any atom is -0.493 e. The molecule has 3 aromatic carbocycles. The van der Waals surface area contributed by atoms with Gasteiger partial charge in [0.2, 0.25) is 5.91 Å². The van der Waals surface area contributed by atoms with Crippen LogP contribution >= 0.6 is 73.5 Å². The molecule has 0 spiro atoms. The van der Waals surface area contributed by atoms with Crippen molar-refractivity contribution in [3.05, 3.63) is 88.7 Å². The van der Waals surface area contributed by atoms with Gasteiger partial charge in [-0.2, -0.15) is 0 Å². The second-order valence-corrected chi connectivity index (χ2v) is 11.8. The molecule has 1 aliphatic heterocycles. The number of nitrogens with one attached hydrogen (secondary N) is 1. The van der Waals surface area contributed by atoms with Crippen molar-refractivity contribution in [2.24, 2.45) is 0 Å². The summed E-state index contributed by atoms with van der Waals surface area (Å²) in [6, 6.07) is 15.7. The summed E-state index contributed by atoms with van der Waals surface area (Å²) in [7, 11) is 1.49. The van der Waals surface area contributed by atoms with Crippen LogP contribution in [-0.4, -0.2) is 35.6 Å². The maximum atomic E-state index is 12.9. The minimum absolute atomic E-state index is 0.174. The highest BCUT2D eigenvalue weighted by molar-refractivity contribution is 14.1. The van der Waals surface area contributed by atoms with E-state index in [4.69, 9.17) is 32.7 Å². The van der Waals surface area contributed by atoms with Gasteiger partial charge in [0.25, 0.3) is 11.1 Å². The number of thioether (sulfide) groups is 1. The Kier molecular flexibility index (Phi) is 9.64. The van der Waals surface area contributed by atoms with E-state index in [1.165, 1.54) is 7.11 Å². The van der Waals surface area contributed by atoms with Gasteiger partial charge in [-0.3, -0.25) is 19.3 Å². The molecule has 12 heteroatoms. The van der Waals surface area contributed by atoms with Crippen LogP contribution in [0.15, 0.2) is 64.0 Å². The number of carbonyl (C=O) groups excluding carboxylic acids is 3. The number of imide groups is 1. The van der Waals surface area contributed by atoms with E-state index in [9.17, 15) is 14.4 Å². The van der Waals surface area contributed by atoms with Crippen LogP contribution in [-0.2, 0) is 16.2 Å². The quantitative estimate of drug-likeness (QED) is 0.189. The van der Waals surface area contributed by atoms with Crippen LogP contribution in [0.2, 0.25) is 10.0 Å². The van der Waals surface area contributed by atoms with Crippen molar-refractivity contribution in [2.45, 2.75) is 6.61 Å². The Hall–Kier alpha value is -2.25. The lowest BCUT2D eigenvalue weighted by atomic mass is 10.1. The molecule has 0 bridgehead atoms. The second-order valence-electron chi connectivity index (χ2n) is 7.88. The maximum Gasteiger partial charge on any atom is 0.294 e. The highest BCUT2D eigenvalue weighted by Gasteiger charge is 2.36. The lowest BCUT2D eigenvalue weighted by molar-refractivity contribution is -0.127. The summed E-state index contributed by atoms with van der Waals surface area (Å²) in [4.78, 5) is 39.0. The van der Waals surface area contributed by atoms with Crippen molar-refractivity contribution in [3.63, 3.8) is 0 Å². The highest BCUT2D eigenvalue weighted by atomic mass is 127. The zero-order chi connectivity index (χ0) is 27.4. The van der Waals surface area contributed by atoms with Gasteiger partial charge in [0.1, 0.15) is 13.2 Å². The SMILES string of the molecule is COc1cc(/C=C2\SC(=O)N(CC(=O)Nc3ccc(I)cc3)C2=O)cc(Br)c1OCc1ccc(Cl)cc1Cl. The summed E-state index contributed by atoms with van der Waals surface area (Å²) in [5, 5.41) is 3.17. The van der Waals surface area contributed by atoms with Gasteiger partial charge in [0.15, 0.2) is 11.5 Å². The monoisotopic (exact) mass is 746 g/mol. The molecule has 1 N–H and O–H groups in total. The molecule has 0 unspecified atom stereocenters. The Labute approximate surface area is 255 Å². The van der Waals surface area contributed by atoms with E-state index >= 15 is 0 Å². The van der Waals surface area contributed by atoms with Gasteiger partial charge in [-0.1, -0.05) is 29.3 Å². The first-order valence-electron chi connectivity index (χ1n) is 10.9. The molecular formula is C26H18BrCl2IN2O5S. The Morgan fingerprint density at radius 3 is 2.55 bits per heavy atom. The fraction of sp³-hybridized carbons (Fsp3) is 0.115. The van der Waals surface area contributed by atoms with Crippen molar-refractivity contribution >= 4 is 102 Å². The number of anilines is 1. The summed E-state index contributed by atoms with van der Waals surface area (Å²) < 4.78 is 13.0. The molecule has 1 aliphatic rings. The van der Waals surface area contributed by atoms with Crippen molar-refractivity contribution in [2.75, 3.05) is 19.0 Å². The molecular weight excluding hydrogens is 730 g/mol. The zero-order valence-corrected chi connectivity index (χ0v) is 25.7. The lowest BCUT2D eigenvalue weighted by Crippen LogP contribution is -2.36. The molecule has 196 valence electrons. The number of hydrogen-bond donors (Lipinski definition) is 1. The third kappa shape index (κ3) is 7.03. The standard InChI is InChI=1S/C26H18BrCl2IN2O5S/c1-36-21-9-14(8-19(27)24(21)37-13-15-2-3-16(28)11-20(15)29)10-22-25(34)32(26(35)38-22)12-23(33)31-18-6-4-17(30)5-7-18/h2-11H,12-13H2,1H3,(H,31,33)/b22-10-. The maximum absolute atomic E-state index is 12.9. The van der Waals surface area contributed by atoms with Crippen molar-refractivity contribution in [1.29, 1.82) is 0 Å². The molecule has 38 heavy (non-hydrogen) atoms. The molecule has 0 saturated carbocycles. The lowest BCUT2D eigenvalue weighted by Gasteiger charge is -2.14. The number of benzene rings is 3. The van der Waals surface area contributed by atoms with E-state index in [0.29, 0.717) is 37.3 Å². The molecule has 0 radical (unpaired) electrons. The largest absolute Gasteiger partial charge is 0.493 e. The predicted molar refractivity (Wildman–Crippen MR) is 162 cm³/mol. The first-order chi connectivity index (χ1) is 18.1. The molecule has 3 amide bonds. The van der Waals surface area contributed by atoms with Crippen LogP contribution in [0.4, 0.5) is 10.5 Å². The average Bonchev–Trinajstić information content (AvgIpc) is 3.12. The Morgan fingerprint density at radius 2 is 1.87 bits per heavy atom. The molecule has 7 nitrogen and oxygen atoms in total. The molecule has 1 saturated heterocycles. The van der Waals surface area contributed by atoms with E-state index in [-0.39, 0.29) is 18.1 Å². The van der Waals surface area contributed by atoms with Gasteiger partial charge >= 0.3 is 0 Å². The number of ether oxygens (including phenoxy) is 2. The first kappa shape index (κ1) is 28.8. The van der Waals surface area contributed by atoms with Crippen LogP contribution < -0.4 is 14.8 Å². The normalized spacial score (nSPS) is 14.2. The van der Waals surface area contributed by atoms with Crippen LogP contribution in [0.3, 0.4) is 0 Å². The summed E-state index contributed by atoms with van der Waals surface area (Å²) in [5.74, 6) is -0.171. The van der Waals surface area contributed by atoms with E-state index in [2.05, 4.69) is 43.8 Å². The molecule has 4 rings (SSSR count). The topological polar surface area (TPSA) is 84.9 Å². The molecule has 1 fully saturated rings. The number of amides is 3. The van der Waals surface area contributed by atoms with Crippen LogP contribution in [0.25, 0.3) is 6.08 Å². The number of nitrogens with zero attached hydrogens (tertiary/aromatic N) is 1. The van der Waals surface area contributed by atoms with Gasteiger partial charge in [0.05, 0.1) is 16.5 Å². The van der Waals surface area contributed by atoms with E-state index in [1.54, 1.807) is 48.5 Å². The van der Waals surface area contributed by atoms with Crippen molar-refractivity contribution in [1.82, 2.24) is 4.90 Å². The molecule has 3 aromatic rings. The third-order valence-corrected chi connectivity index (χ3v) is 8.04. The number of rotatable bonds is 8. The summed E-state index contributed by atoms with van der Waals surface area (Å²) >= 11 is 18.6. The van der Waals surface area contributed by atoms with Crippen LogP contribution in [0.5, 0.6) is 11.5 Å². The Bertz CT molecular complexity index is 1450. The van der Waals surface area contributed by atoms with Gasteiger partial charge in [0, 0.05) is 24.9 Å². The number of halogens is 4. The number of carbonyl (C=O) groups is 3. The van der Waals surface area contributed by atoms with Gasteiger partial charge in [-0.05, 0) is 110 Å². The fourth-order valence-electron chi connectivity index (χ4n) is 3.42. The van der Waals surface area contributed by atoms with Crippen LogP contribution in [0.1, 0.15) is 11.1 Å². The van der Waals surface area contributed by atoms with Crippen molar-refractivity contribution < 1.29 is 23.9 Å². The zero-order valence-electron chi connectivity index (χ0n) is 19.6. The summed E-state index contributed by atoms with van der Waals surface area (Å²) in [5.41, 5.74) is 1.92. The molecule has 0 aliphatic carbocycles. The van der Waals surface area contributed by atoms with E-state index in [1.807, 2.05) is 12.1 Å². The Balaban J connectivity index is 1.47. The van der Waals surface area contributed by atoms with Crippen LogP contribution in [0, 0.1) is 3.57 Å². The van der Waals surface area contributed by atoms with Gasteiger partial charge < -0.3 is 14.8 Å². The average molecular weight is 748 g/mol. The minimum atomic E-state index is -0.550. The number of methoxy groups -OCH3 is 1. The van der Waals surface area contributed by atoms with E-state index in [0.717, 1.165) is 25.8 Å². The molecule has 0 atom stereocenters. The van der Waals surface area contributed by atoms with E-state index < -0.39 is 17.1 Å². The third-order valence-electron chi connectivity index (χ3n) is 5.24. The predicted octanol–water partition coefficient (Wildman–Crippen LogP) is 7.62. The van der Waals surface area contributed by atoms with Crippen molar-refractivity contribution in [3.8, 4) is 11.5 Å². The second kappa shape index (κ2) is 12.7. The Morgan fingerprint density at radius 1 is 1.13 bits per heavy atom. The fourth-order valence-corrected chi connectivity index (χ4v) is 5.65. The molecule has 1 heterocycles. The first-order valence-corrected chi connectivity index (χ1v) is 14.3. The molecule has 0 aromatic heterocycles. The summed E-state index contributed by atoms with van der Waals surface area (Å²) in [6.07, 6.45) is 1.56. The highest BCUT2D eigenvalue weighted by Crippen LogP contribution is 2.40. The van der Waals surface area contributed by atoms with Gasteiger partial charge in [-0.25, -0.2) is 0 Å². The number of hydrogen-bond acceptors (Lipinski definition) is 6. The smallest absolute Gasteiger partial charge is 0.294 e. The summed E-state index contributed by atoms with van der Waals surface area (Å²) in [6.45, 7) is -0.214.